The van der Waals surface area contributed by atoms with Crippen LogP contribution < -0.4 is 15.4 Å². The van der Waals surface area contributed by atoms with Crippen LogP contribution in [-0.4, -0.2) is 27.5 Å². The largest absolute Gasteiger partial charge is 0.352 e. The van der Waals surface area contributed by atoms with Gasteiger partial charge in [-0.1, -0.05) is 12.1 Å². The molecule has 0 spiro atoms. The fourth-order valence-electron chi connectivity index (χ4n) is 2.43. The van der Waals surface area contributed by atoms with Gasteiger partial charge in [0.1, 0.15) is 0 Å². The molecule has 0 atom stereocenters. The number of rotatable bonds is 7. The van der Waals surface area contributed by atoms with E-state index in [2.05, 4.69) is 39.4 Å². The third-order valence-electron chi connectivity index (χ3n) is 4.04. The van der Waals surface area contributed by atoms with Crippen molar-refractivity contribution in [3.05, 3.63) is 51.7 Å². The molecule has 6 nitrogen and oxygen atoms in total. The first-order chi connectivity index (χ1) is 12.5. The normalized spacial score (nSPS) is 15.1. The van der Waals surface area contributed by atoms with E-state index >= 15 is 0 Å². The standard InChI is InChI=1S/C18H24N4O2S2/c1-13-3-8-16(25-13)12-21-18(19-2)20-11-14-4-9-17(10-5-14)26(23,24)22-15-6-7-15/h3-5,8-10,15,22H,6-7,11-12H2,1-2H3,(H2,19,20,21). The van der Waals surface area contributed by atoms with Crippen LogP contribution in [0.1, 0.15) is 28.2 Å². The maximum atomic E-state index is 12.2. The summed E-state index contributed by atoms with van der Waals surface area (Å²) >= 11 is 1.76. The van der Waals surface area contributed by atoms with Crippen molar-refractivity contribution in [1.29, 1.82) is 0 Å². The topological polar surface area (TPSA) is 82.6 Å². The highest BCUT2D eigenvalue weighted by molar-refractivity contribution is 7.89. The number of sulfonamides is 1. The summed E-state index contributed by atoms with van der Waals surface area (Å²) in [5, 5.41) is 6.52. The van der Waals surface area contributed by atoms with Crippen LogP contribution in [0.5, 0.6) is 0 Å². The van der Waals surface area contributed by atoms with Crippen molar-refractivity contribution in [3.8, 4) is 0 Å². The van der Waals surface area contributed by atoms with E-state index in [0.717, 1.165) is 24.9 Å². The lowest BCUT2D eigenvalue weighted by atomic mass is 10.2. The van der Waals surface area contributed by atoms with E-state index in [1.165, 1.54) is 9.75 Å². The molecule has 1 aliphatic carbocycles. The Kier molecular flexibility index (Phi) is 5.95. The molecule has 0 aliphatic heterocycles. The van der Waals surface area contributed by atoms with Crippen LogP contribution in [0.15, 0.2) is 46.3 Å². The minimum Gasteiger partial charge on any atom is -0.352 e. The van der Waals surface area contributed by atoms with Gasteiger partial charge in [0.2, 0.25) is 10.0 Å². The molecule has 0 amide bonds. The smallest absolute Gasteiger partial charge is 0.240 e. The third kappa shape index (κ3) is 5.30. The predicted molar refractivity (Wildman–Crippen MR) is 106 cm³/mol. The number of benzene rings is 1. The number of aryl methyl sites for hydroxylation is 1. The van der Waals surface area contributed by atoms with Crippen LogP contribution in [0.25, 0.3) is 0 Å². The zero-order valence-electron chi connectivity index (χ0n) is 15.0. The quantitative estimate of drug-likeness (QED) is 0.499. The van der Waals surface area contributed by atoms with E-state index in [1.807, 2.05) is 12.1 Å². The first kappa shape index (κ1) is 18.9. The molecule has 1 heterocycles. The molecule has 140 valence electrons. The van der Waals surface area contributed by atoms with Crippen LogP contribution in [0, 0.1) is 6.92 Å². The average molecular weight is 393 g/mol. The molecule has 2 aromatic rings. The van der Waals surface area contributed by atoms with Crippen LogP contribution in [0.2, 0.25) is 0 Å². The van der Waals surface area contributed by atoms with Gasteiger partial charge in [0.05, 0.1) is 11.4 Å². The highest BCUT2D eigenvalue weighted by Crippen LogP contribution is 2.22. The molecule has 0 saturated heterocycles. The summed E-state index contributed by atoms with van der Waals surface area (Å²) in [6, 6.07) is 11.3. The van der Waals surface area contributed by atoms with E-state index in [4.69, 9.17) is 0 Å². The molecular weight excluding hydrogens is 368 g/mol. The SMILES string of the molecule is CN=C(NCc1ccc(S(=O)(=O)NC2CC2)cc1)NCc1ccc(C)s1. The van der Waals surface area contributed by atoms with Gasteiger partial charge in [-0.2, -0.15) is 0 Å². The van der Waals surface area contributed by atoms with Crippen LogP contribution >= 0.6 is 11.3 Å². The lowest BCUT2D eigenvalue weighted by Crippen LogP contribution is -2.36. The van der Waals surface area contributed by atoms with Crippen molar-refractivity contribution in [2.45, 2.75) is 43.8 Å². The molecule has 1 aromatic carbocycles. The molecule has 3 N–H and O–H groups in total. The summed E-state index contributed by atoms with van der Waals surface area (Å²) in [6.45, 7) is 3.38. The summed E-state index contributed by atoms with van der Waals surface area (Å²) in [4.78, 5) is 7.06. The summed E-state index contributed by atoms with van der Waals surface area (Å²) in [6.07, 6.45) is 1.86. The molecule has 0 radical (unpaired) electrons. The first-order valence-corrected chi connectivity index (χ1v) is 10.9. The predicted octanol–water partition coefficient (Wildman–Crippen LogP) is 2.36. The molecule has 1 fully saturated rings. The van der Waals surface area contributed by atoms with Gasteiger partial charge in [0.25, 0.3) is 0 Å². The van der Waals surface area contributed by atoms with E-state index in [1.54, 1.807) is 30.5 Å². The minimum absolute atomic E-state index is 0.114. The van der Waals surface area contributed by atoms with Gasteiger partial charge in [-0.05, 0) is 49.6 Å². The molecular formula is C18H24N4O2S2. The second-order valence-corrected chi connectivity index (χ2v) is 9.42. The van der Waals surface area contributed by atoms with E-state index in [9.17, 15) is 8.42 Å². The van der Waals surface area contributed by atoms with Gasteiger partial charge in [0, 0.05) is 29.4 Å². The Morgan fingerprint density at radius 2 is 1.81 bits per heavy atom. The monoisotopic (exact) mass is 392 g/mol. The molecule has 1 aromatic heterocycles. The third-order valence-corrected chi connectivity index (χ3v) is 6.58. The van der Waals surface area contributed by atoms with Crippen molar-refractivity contribution < 1.29 is 8.42 Å². The molecule has 8 heteroatoms. The maximum absolute atomic E-state index is 12.2. The summed E-state index contributed by atoms with van der Waals surface area (Å²) in [5.41, 5.74) is 0.991. The Morgan fingerprint density at radius 1 is 1.12 bits per heavy atom. The van der Waals surface area contributed by atoms with Crippen molar-refractivity contribution >= 4 is 27.3 Å². The van der Waals surface area contributed by atoms with Crippen molar-refractivity contribution in [2.75, 3.05) is 7.05 Å². The Hall–Kier alpha value is -1.90. The Morgan fingerprint density at radius 3 is 2.38 bits per heavy atom. The molecule has 0 bridgehead atoms. The van der Waals surface area contributed by atoms with Crippen LogP contribution in [0.3, 0.4) is 0 Å². The summed E-state index contributed by atoms with van der Waals surface area (Å²) in [7, 11) is -1.66. The number of guanidine groups is 1. The van der Waals surface area contributed by atoms with Crippen molar-refractivity contribution in [3.63, 3.8) is 0 Å². The van der Waals surface area contributed by atoms with Crippen molar-refractivity contribution in [2.24, 2.45) is 4.99 Å². The molecule has 26 heavy (non-hydrogen) atoms. The molecule has 3 rings (SSSR count). The number of nitrogens with zero attached hydrogens (tertiary/aromatic N) is 1. The molecule has 1 saturated carbocycles. The Labute approximate surface area is 158 Å². The minimum atomic E-state index is -3.39. The highest BCUT2D eigenvalue weighted by Gasteiger charge is 2.27. The lowest BCUT2D eigenvalue weighted by Gasteiger charge is -2.12. The first-order valence-electron chi connectivity index (χ1n) is 8.57. The number of hydrogen-bond donors (Lipinski definition) is 3. The molecule has 0 unspecified atom stereocenters. The van der Waals surface area contributed by atoms with Gasteiger partial charge in [-0.3, -0.25) is 4.99 Å². The fraction of sp³-hybridized carbons (Fsp3) is 0.389. The van der Waals surface area contributed by atoms with E-state index in [-0.39, 0.29) is 6.04 Å². The van der Waals surface area contributed by atoms with Gasteiger partial charge in [-0.25, -0.2) is 13.1 Å². The van der Waals surface area contributed by atoms with Gasteiger partial charge < -0.3 is 10.6 Å². The van der Waals surface area contributed by atoms with Crippen molar-refractivity contribution in [1.82, 2.24) is 15.4 Å². The van der Waals surface area contributed by atoms with Crippen LogP contribution in [0.4, 0.5) is 0 Å². The summed E-state index contributed by atoms with van der Waals surface area (Å²) in [5.74, 6) is 0.711. The van der Waals surface area contributed by atoms with E-state index < -0.39 is 10.0 Å². The second-order valence-electron chi connectivity index (χ2n) is 6.33. The van der Waals surface area contributed by atoms with Gasteiger partial charge >= 0.3 is 0 Å². The van der Waals surface area contributed by atoms with Gasteiger partial charge in [0.15, 0.2) is 5.96 Å². The zero-order valence-corrected chi connectivity index (χ0v) is 16.6. The zero-order chi connectivity index (χ0) is 18.6. The lowest BCUT2D eigenvalue weighted by molar-refractivity contribution is 0.581. The highest BCUT2D eigenvalue weighted by atomic mass is 32.2. The van der Waals surface area contributed by atoms with Gasteiger partial charge in [-0.15, -0.1) is 11.3 Å². The van der Waals surface area contributed by atoms with E-state index in [0.29, 0.717) is 17.4 Å². The number of thiophene rings is 1. The Bertz CT molecular complexity index is 869. The number of aliphatic imine (C=N–C) groups is 1. The summed E-state index contributed by atoms with van der Waals surface area (Å²) < 4.78 is 27.0. The average Bonchev–Trinajstić information content (AvgIpc) is 3.33. The molecule has 1 aliphatic rings. The fourth-order valence-corrected chi connectivity index (χ4v) is 4.57. The Balaban J connectivity index is 1.51. The number of nitrogens with one attached hydrogen (secondary N) is 3. The maximum Gasteiger partial charge on any atom is 0.240 e. The second kappa shape index (κ2) is 8.20. The van der Waals surface area contributed by atoms with Crippen LogP contribution in [-0.2, 0) is 23.1 Å². The number of hydrogen-bond acceptors (Lipinski definition) is 4.